The Bertz CT molecular complexity index is 1010. The molecule has 0 aromatic heterocycles. The van der Waals surface area contributed by atoms with Crippen molar-refractivity contribution in [3.05, 3.63) is 84.4 Å². The molecule has 6 nitrogen and oxygen atoms in total. The van der Waals surface area contributed by atoms with E-state index < -0.39 is 0 Å². The molecule has 3 aromatic carbocycles. The minimum atomic E-state index is -0.336. The van der Waals surface area contributed by atoms with Crippen molar-refractivity contribution in [1.29, 1.82) is 0 Å². The Morgan fingerprint density at radius 1 is 0.839 bits per heavy atom. The fourth-order valence-electron chi connectivity index (χ4n) is 2.74. The van der Waals surface area contributed by atoms with Crippen LogP contribution in [0.25, 0.3) is 0 Å². The van der Waals surface area contributed by atoms with Gasteiger partial charge in [-0.05, 0) is 61.6 Å². The first-order valence-electron chi connectivity index (χ1n) is 9.90. The number of thiocarbonyl (C=S) groups is 1. The molecular formula is C24H24N2O4S. The third-order valence-corrected chi connectivity index (χ3v) is 4.33. The van der Waals surface area contributed by atoms with E-state index in [-0.39, 0.29) is 11.0 Å². The summed E-state index contributed by atoms with van der Waals surface area (Å²) in [6, 6.07) is 23.8. The number of hydrogen-bond donors (Lipinski definition) is 2. The molecule has 1 amide bonds. The van der Waals surface area contributed by atoms with Gasteiger partial charge in [0.25, 0.3) is 5.91 Å². The minimum Gasteiger partial charge on any atom is -0.492 e. The van der Waals surface area contributed by atoms with Crippen molar-refractivity contribution in [1.82, 2.24) is 5.32 Å². The number of benzene rings is 3. The van der Waals surface area contributed by atoms with Gasteiger partial charge < -0.3 is 19.5 Å². The van der Waals surface area contributed by atoms with E-state index in [9.17, 15) is 4.79 Å². The summed E-state index contributed by atoms with van der Waals surface area (Å²) < 4.78 is 16.9. The van der Waals surface area contributed by atoms with Gasteiger partial charge in [0, 0.05) is 5.56 Å². The molecule has 31 heavy (non-hydrogen) atoms. The Balaban J connectivity index is 1.50. The van der Waals surface area contributed by atoms with E-state index in [0.717, 1.165) is 5.75 Å². The molecule has 7 heteroatoms. The van der Waals surface area contributed by atoms with Crippen molar-refractivity contribution in [2.75, 3.05) is 25.1 Å². The second-order valence-electron chi connectivity index (χ2n) is 6.38. The van der Waals surface area contributed by atoms with Gasteiger partial charge in [0.1, 0.15) is 30.5 Å². The zero-order valence-corrected chi connectivity index (χ0v) is 18.0. The molecule has 0 unspecified atom stereocenters. The molecule has 0 saturated carbocycles. The van der Waals surface area contributed by atoms with Crippen molar-refractivity contribution >= 4 is 28.9 Å². The van der Waals surface area contributed by atoms with Gasteiger partial charge in [0.2, 0.25) is 0 Å². The lowest BCUT2D eigenvalue weighted by atomic mass is 10.2. The number of anilines is 1. The molecule has 0 aliphatic rings. The third kappa shape index (κ3) is 7.01. The number of carbonyl (C=O) groups is 1. The molecule has 0 radical (unpaired) electrons. The van der Waals surface area contributed by atoms with Crippen LogP contribution in [0.1, 0.15) is 17.3 Å². The number of amides is 1. The maximum atomic E-state index is 12.6. The highest BCUT2D eigenvalue weighted by molar-refractivity contribution is 7.80. The molecule has 0 aliphatic heterocycles. The second-order valence-corrected chi connectivity index (χ2v) is 6.78. The van der Waals surface area contributed by atoms with Crippen LogP contribution in [0.2, 0.25) is 0 Å². The highest BCUT2D eigenvalue weighted by Gasteiger charge is 2.11. The van der Waals surface area contributed by atoms with Crippen molar-refractivity contribution < 1.29 is 19.0 Å². The Morgan fingerprint density at radius 2 is 1.52 bits per heavy atom. The summed E-state index contributed by atoms with van der Waals surface area (Å²) in [6.45, 7) is 3.18. The van der Waals surface area contributed by atoms with Crippen LogP contribution in [0, 0.1) is 0 Å². The van der Waals surface area contributed by atoms with Crippen LogP contribution in [0.3, 0.4) is 0 Å². The molecule has 0 bridgehead atoms. The number of nitrogens with one attached hydrogen (secondary N) is 2. The van der Waals surface area contributed by atoms with Crippen LogP contribution in [-0.4, -0.2) is 30.8 Å². The molecule has 0 heterocycles. The van der Waals surface area contributed by atoms with Gasteiger partial charge in [0.15, 0.2) is 5.11 Å². The monoisotopic (exact) mass is 436 g/mol. The standard InChI is InChI=1S/C24H24N2O4S/c1-2-28-22-14-7-6-13-21(22)25-24(31)26-23(27)18-9-8-12-20(17-18)30-16-15-29-19-10-4-3-5-11-19/h3-14,17H,2,15-16H2,1H3,(H2,25,26,27,31). The second kappa shape index (κ2) is 11.6. The Labute approximate surface area is 187 Å². The smallest absolute Gasteiger partial charge is 0.257 e. The quantitative estimate of drug-likeness (QED) is 0.375. The lowest BCUT2D eigenvalue weighted by molar-refractivity contribution is 0.0977. The van der Waals surface area contributed by atoms with Crippen LogP contribution < -0.4 is 24.8 Å². The van der Waals surface area contributed by atoms with Crippen molar-refractivity contribution in [3.8, 4) is 17.2 Å². The first-order valence-corrected chi connectivity index (χ1v) is 10.3. The molecule has 0 spiro atoms. The summed E-state index contributed by atoms with van der Waals surface area (Å²) in [5.74, 6) is 1.68. The zero-order chi connectivity index (χ0) is 21.9. The van der Waals surface area contributed by atoms with Gasteiger partial charge in [-0.2, -0.15) is 0 Å². The highest BCUT2D eigenvalue weighted by Crippen LogP contribution is 2.23. The van der Waals surface area contributed by atoms with Crippen LogP contribution in [0.15, 0.2) is 78.9 Å². The Kier molecular flexibility index (Phi) is 8.25. The van der Waals surface area contributed by atoms with Gasteiger partial charge in [0.05, 0.1) is 12.3 Å². The van der Waals surface area contributed by atoms with Gasteiger partial charge >= 0.3 is 0 Å². The first-order chi connectivity index (χ1) is 15.2. The van der Waals surface area contributed by atoms with E-state index in [1.165, 1.54) is 0 Å². The fourth-order valence-corrected chi connectivity index (χ4v) is 2.95. The minimum absolute atomic E-state index is 0.180. The van der Waals surface area contributed by atoms with E-state index in [1.54, 1.807) is 24.3 Å². The number of hydrogen-bond acceptors (Lipinski definition) is 5. The summed E-state index contributed by atoms with van der Waals surface area (Å²) in [5.41, 5.74) is 1.12. The maximum Gasteiger partial charge on any atom is 0.257 e. The van der Waals surface area contributed by atoms with E-state index in [2.05, 4.69) is 10.6 Å². The van der Waals surface area contributed by atoms with Gasteiger partial charge in [-0.25, -0.2) is 0 Å². The average Bonchev–Trinajstić information content (AvgIpc) is 2.79. The molecule has 0 saturated heterocycles. The van der Waals surface area contributed by atoms with Crippen molar-refractivity contribution in [2.45, 2.75) is 6.92 Å². The Morgan fingerprint density at radius 3 is 2.29 bits per heavy atom. The van der Waals surface area contributed by atoms with E-state index in [1.807, 2.05) is 61.5 Å². The molecular weight excluding hydrogens is 412 g/mol. The average molecular weight is 437 g/mol. The topological polar surface area (TPSA) is 68.8 Å². The lowest BCUT2D eigenvalue weighted by Crippen LogP contribution is -2.34. The largest absolute Gasteiger partial charge is 0.492 e. The number of carbonyl (C=O) groups excluding carboxylic acids is 1. The summed E-state index contributed by atoms with van der Waals surface area (Å²) >= 11 is 5.27. The van der Waals surface area contributed by atoms with E-state index >= 15 is 0 Å². The number of rotatable bonds is 9. The summed E-state index contributed by atoms with van der Waals surface area (Å²) in [6.07, 6.45) is 0. The maximum absolute atomic E-state index is 12.6. The molecule has 0 aliphatic carbocycles. The lowest BCUT2D eigenvalue weighted by Gasteiger charge is -2.14. The molecule has 2 N–H and O–H groups in total. The number of ether oxygens (including phenoxy) is 3. The molecule has 0 atom stereocenters. The number of para-hydroxylation sites is 3. The fraction of sp³-hybridized carbons (Fsp3) is 0.167. The SMILES string of the molecule is CCOc1ccccc1NC(=S)NC(=O)c1cccc(OCCOc2ccccc2)c1. The van der Waals surface area contributed by atoms with E-state index in [4.69, 9.17) is 26.4 Å². The highest BCUT2D eigenvalue weighted by atomic mass is 32.1. The third-order valence-electron chi connectivity index (χ3n) is 4.12. The normalized spacial score (nSPS) is 10.1. The molecule has 160 valence electrons. The summed E-state index contributed by atoms with van der Waals surface area (Å²) in [5, 5.41) is 5.85. The first kappa shape index (κ1) is 22.1. The zero-order valence-electron chi connectivity index (χ0n) is 17.2. The molecule has 3 rings (SSSR count). The van der Waals surface area contributed by atoms with Crippen LogP contribution in [0.4, 0.5) is 5.69 Å². The summed E-state index contributed by atoms with van der Waals surface area (Å²) in [4.78, 5) is 12.6. The van der Waals surface area contributed by atoms with E-state index in [0.29, 0.717) is 42.6 Å². The predicted octanol–water partition coefficient (Wildman–Crippen LogP) is 4.67. The van der Waals surface area contributed by atoms with Crippen molar-refractivity contribution in [3.63, 3.8) is 0 Å². The van der Waals surface area contributed by atoms with Crippen LogP contribution >= 0.6 is 12.2 Å². The predicted molar refractivity (Wildman–Crippen MR) is 125 cm³/mol. The van der Waals surface area contributed by atoms with Crippen molar-refractivity contribution in [2.24, 2.45) is 0 Å². The summed E-state index contributed by atoms with van der Waals surface area (Å²) in [7, 11) is 0. The van der Waals surface area contributed by atoms with Crippen LogP contribution in [-0.2, 0) is 0 Å². The van der Waals surface area contributed by atoms with Crippen LogP contribution in [0.5, 0.6) is 17.2 Å². The molecule has 0 fully saturated rings. The van der Waals surface area contributed by atoms with Gasteiger partial charge in [-0.1, -0.05) is 36.4 Å². The van der Waals surface area contributed by atoms with Gasteiger partial charge in [-0.3, -0.25) is 10.1 Å². The molecule has 3 aromatic rings. The Hall–Kier alpha value is -3.58. The van der Waals surface area contributed by atoms with Gasteiger partial charge in [-0.15, -0.1) is 0 Å².